The van der Waals surface area contributed by atoms with Crippen molar-refractivity contribution in [3.8, 4) is 6.07 Å². The number of rotatable bonds is 1. The van der Waals surface area contributed by atoms with Crippen molar-refractivity contribution in [3.05, 3.63) is 0 Å². The first kappa shape index (κ1) is 12.7. The zero-order chi connectivity index (χ0) is 12.7. The summed E-state index contributed by atoms with van der Waals surface area (Å²) >= 11 is 0. The van der Waals surface area contributed by atoms with Crippen LogP contribution in [0.5, 0.6) is 0 Å². The van der Waals surface area contributed by atoms with Crippen LogP contribution in [0, 0.1) is 22.7 Å². The minimum Gasteiger partial charge on any atom is -0.388 e. The van der Waals surface area contributed by atoms with Crippen LogP contribution in [-0.2, 0) is 0 Å². The molecule has 2 atom stereocenters. The maximum Gasteiger partial charge on any atom is 0.391 e. The molecule has 2 aliphatic rings. The van der Waals surface area contributed by atoms with E-state index in [4.69, 9.17) is 5.26 Å². The molecule has 17 heavy (non-hydrogen) atoms. The minimum atomic E-state index is -4.26. The second kappa shape index (κ2) is 3.88. The quantitative estimate of drug-likeness (QED) is 0.773. The van der Waals surface area contributed by atoms with Crippen molar-refractivity contribution in [2.75, 3.05) is 0 Å². The highest BCUT2D eigenvalue weighted by atomic mass is 19.4. The molecule has 2 rings (SSSR count). The number of nitriles is 1. The van der Waals surface area contributed by atoms with Gasteiger partial charge in [0.2, 0.25) is 0 Å². The lowest BCUT2D eigenvalue weighted by Crippen LogP contribution is -2.55. The predicted octanol–water partition coefficient (Wildman–Crippen LogP) is 3.16. The maximum atomic E-state index is 12.7. The van der Waals surface area contributed by atoms with Crippen LogP contribution in [0.1, 0.15) is 44.9 Å². The molecule has 1 N–H and O–H groups in total. The number of hydrogen-bond acceptors (Lipinski definition) is 2. The van der Waals surface area contributed by atoms with Crippen molar-refractivity contribution in [2.45, 2.75) is 56.7 Å². The molecule has 2 fully saturated rings. The number of aliphatic hydroxyl groups is 1. The van der Waals surface area contributed by atoms with Gasteiger partial charge in [-0.05, 0) is 38.5 Å². The van der Waals surface area contributed by atoms with Crippen LogP contribution in [-0.4, -0.2) is 16.9 Å². The molecule has 0 spiro atoms. The molecule has 0 aromatic rings. The van der Waals surface area contributed by atoms with Crippen molar-refractivity contribution in [1.29, 1.82) is 5.26 Å². The van der Waals surface area contributed by atoms with Crippen LogP contribution in [0.15, 0.2) is 0 Å². The van der Waals surface area contributed by atoms with E-state index in [1.165, 1.54) is 0 Å². The Morgan fingerprint density at radius 2 is 1.82 bits per heavy atom. The van der Waals surface area contributed by atoms with Gasteiger partial charge in [-0.15, -0.1) is 0 Å². The number of alkyl halides is 3. The molecule has 96 valence electrons. The first-order valence-electron chi connectivity index (χ1n) is 6.03. The van der Waals surface area contributed by atoms with E-state index in [0.717, 1.165) is 6.42 Å². The van der Waals surface area contributed by atoms with Gasteiger partial charge in [-0.3, -0.25) is 0 Å². The molecule has 2 nitrogen and oxygen atoms in total. The minimum absolute atomic E-state index is 0.0767. The van der Waals surface area contributed by atoms with Crippen molar-refractivity contribution < 1.29 is 18.3 Å². The molecule has 5 heteroatoms. The van der Waals surface area contributed by atoms with E-state index in [2.05, 4.69) is 6.07 Å². The number of nitrogens with zero attached hydrogens (tertiary/aromatic N) is 1. The molecule has 0 amide bonds. The average molecular weight is 247 g/mol. The summed E-state index contributed by atoms with van der Waals surface area (Å²) in [7, 11) is 0. The first-order chi connectivity index (χ1) is 7.83. The fraction of sp³-hybridized carbons (Fsp3) is 0.917. The molecule has 0 radical (unpaired) electrons. The largest absolute Gasteiger partial charge is 0.391 e. The third-order valence-corrected chi connectivity index (χ3v) is 4.50. The zero-order valence-corrected chi connectivity index (χ0v) is 9.56. The van der Waals surface area contributed by atoms with Gasteiger partial charge in [0, 0.05) is 0 Å². The lowest BCUT2D eigenvalue weighted by atomic mass is 9.54. The van der Waals surface area contributed by atoms with E-state index in [0.29, 0.717) is 25.7 Å². The van der Waals surface area contributed by atoms with E-state index < -0.39 is 23.1 Å². The van der Waals surface area contributed by atoms with Crippen LogP contribution < -0.4 is 0 Å². The van der Waals surface area contributed by atoms with Crippen molar-refractivity contribution >= 4 is 0 Å². The number of halogens is 3. The fourth-order valence-corrected chi connectivity index (χ4v) is 3.18. The summed E-state index contributed by atoms with van der Waals surface area (Å²) in [5.41, 5.74) is -2.35. The fourth-order valence-electron chi connectivity index (χ4n) is 3.18. The average Bonchev–Trinajstić information content (AvgIpc) is 2.15. The van der Waals surface area contributed by atoms with E-state index in [1.807, 2.05) is 0 Å². The molecule has 0 unspecified atom stereocenters. The van der Waals surface area contributed by atoms with E-state index in [1.54, 1.807) is 0 Å². The summed E-state index contributed by atoms with van der Waals surface area (Å²) in [5, 5.41) is 19.6. The van der Waals surface area contributed by atoms with Gasteiger partial charge in [0.25, 0.3) is 0 Å². The van der Waals surface area contributed by atoms with E-state index in [-0.39, 0.29) is 12.8 Å². The second-order valence-electron chi connectivity index (χ2n) is 5.41. The standard InChI is InChI=1S/C12H16F3NO/c13-12(14,15)9-3-1-6-11(17,7-9)10(8-16)4-2-5-10/h9,17H,1-7H2/t9-,11+/m1/s1. The van der Waals surface area contributed by atoms with Gasteiger partial charge in [0.15, 0.2) is 0 Å². The Balaban J connectivity index is 2.18. The summed E-state index contributed by atoms with van der Waals surface area (Å²) in [4.78, 5) is 0. The SMILES string of the molecule is N#CC1([C@]2(O)CCC[C@@H](C(F)(F)F)C2)CCC1. The molecule has 0 heterocycles. The van der Waals surface area contributed by atoms with Crippen LogP contribution in [0.3, 0.4) is 0 Å². The molecule has 2 saturated carbocycles. The summed E-state index contributed by atoms with van der Waals surface area (Å²) in [6.45, 7) is 0. The summed E-state index contributed by atoms with van der Waals surface area (Å²) in [6, 6.07) is 2.08. The molecule has 0 aliphatic heterocycles. The molecule has 0 aromatic heterocycles. The van der Waals surface area contributed by atoms with Crippen LogP contribution in [0.4, 0.5) is 13.2 Å². The molecule has 0 aromatic carbocycles. The number of hydrogen-bond donors (Lipinski definition) is 1. The Labute approximate surface area is 98.4 Å². The summed E-state index contributed by atoms with van der Waals surface area (Å²) < 4.78 is 38.1. The summed E-state index contributed by atoms with van der Waals surface area (Å²) in [5.74, 6) is -1.45. The molecule has 2 aliphatic carbocycles. The molecular weight excluding hydrogens is 231 g/mol. The van der Waals surface area contributed by atoms with Gasteiger partial charge in [-0.25, -0.2) is 0 Å². The van der Waals surface area contributed by atoms with E-state index in [9.17, 15) is 18.3 Å². The Bertz CT molecular complexity index is 343. The molecule has 0 bridgehead atoms. The third-order valence-electron chi connectivity index (χ3n) is 4.50. The second-order valence-corrected chi connectivity index (χ2v) is 5.41. The van der Waals surface area contributed by atoms with Crippen molar-refractivity contribution in [3.63, 3.8) is 0 Å². The Morgan fingerprint density at radius 1 is 1.18 bits per heavy atom. The van der Waals surface area contributed by atoms with Gasteiger partial charge in [-0.1, -0.05) is 6.42 Å². The van der Waals surface area contributed by atoms with Gasteiger partial charge in [-0.2, -0.15) is 18.4 Å². The van der Waals surface area contributed by atoms with Crippen LogP contribution in [0.25, 0.3) is 0 Å². The van der Waals surface area contributed by atoms with Crippen LogP contribution in [0.2, 0.25) is 0 Å². The first-order valence-corrected chi connectivity index (χ1v) is 6.03. The predicted molar refractivity (Wildman–Crippen MR) is 54.9 cm³/mol. The maximum absolute atomic E-state index is 12.7. The zero-order valence-electron chi connectivity index (χ0n) is 9.56. The lowest BCUT2D eigenvalue weighted by molar-refractivity contribution is -0.218. The topological polar surface area (TPSA) is 44.0 Å². The van der Waals surface area contributed by atoms with Gasteiger partial charge in [0.1, 0.15) is 0 Å². The monoisotopic (exact) mass is 247 g/mol. The van der Waals surface area contributed by atoms with Gasteiger partial charge in [0.05, 0.1) is 23.0 Å². The van der Waals surface area contributed by atoms with E-state index >= 15 is 0 Å². The Hall–Kier alpha value is -0.760. The van der Waals surface area contributed by atoms with Crippen LogP contribution >= 0.6 is 0 Å². The lowest BCUT2D eigenvalue weighted by Gasteiger charge is -2.52. The highest BCUT2D eigenvalue weighted by molar-refractivity contribution is 5.17. The highest BCUT2D eigenvalue weighted by Gasteiger charge is 2.59. The third kappa shape index (κ3) is 1.93. The van der Waals surface area contributed by atoms with Gasteiger partial charge < -0.3 is 5.11 Å². The Morgan fingerprint density at radius 3 is 2.24 bits per heavy atom. The smallest absolute Gasteiger partial charge is 0.388 e. The summed E-state index contributed by atoms with van der Waals surface area (Å²) in [6.07, 6.45) is -1.91. The van der Waals surface area contributed by atoms with Gasteiger partial charge >= 0.3 is 6.18 Å². The van der Waals surface area contributed by atoms with Crippen molar-refractivity contribution in [1.82, 2.24) is 0 Å². The Kier molecular flexibility index (Phi) is 2.89. The molecule has 0 saturated heterocycles. The highest BCUT2D eigenvalue weighted by Crippen LogP contribution is 2.56. The van der Waals surface area contributed by atoms with Crippen molar-refractivity contribution in [2.24, 2.45) is 11.3 Å². The molecular formula is C12H16F3NO. The normalized spacial score (nSPS) is 37.0.